The van der Waals surface area contributed by atoms with Gasteiger partial charge in [0.15, 0.2) is 0 Å². The van der Waals surface area contributed by atoms with E-state index in [1.165, 1.54) is 11.3 Å². The van der Waals surface area contributed by atoms with Gasteiger partial charge < -0.3 is 30.2 Å². The van der Waals surface area contributed by atoms with Crippen LogP contribution in [0.1, 0.15) is 108 Å². The van der Waals surface area contributed by atoms with Crippen LogP contribution in [0.15, 0.2) is 47.6 Å². The summed E-state index contributed by atoms with van der Waals surface area (Å²) in [6.07, 6.45) is 15.7. The smallest absolute Gasteiger partial charge is 0.408 e. The van der Waals surface area contributed by atoms with Crippen molar-refractivity contribution in [2.45, 2.75) is 133 Å². The molecule has 0 bridgehead atoms. The number of nitrogens with one attached hydrogen (secondary N) is 2. The Morgan fingerprint density at radius 1 is 0.917 bits per heavy atom. The van der Waals surface area contributed by atoms with Crippen LogP contribution in [0, 0.1) is 11.8 Å². The molecule has 2 aliphatic heterocycles. The number of rotatable bonds is 7. The first-order valence-electron chi connectivity index (χ1n) is 18.1. The molecular weight excluding hydrogens is 612 g/mol. The summed E-state index contributed by atoms with van der Waals surface area (Å²) < 4.78 is 5.65. The Balaban J connectivity index is 1.25. The van der Waals surface area contributed by atoms with Gasteiger partial charge in [-0.3, -0.25) is 9.59 Å². The van der Waals surface area contributed by atoms with E-state index in [4.69, 9.17) is 14.7 Å². The Morgan fingerprint density at radius 2 is 1.62 bits per heavy atom. The van der Waals surface area contributed by atoms with Crippen LogP contribution in [-0.4, -0.2) is 76.0 Å². The lowest BCUT2D eigenvalue weighted by atomic mass is 9.83. The number of benzene rings is 1. The highest BCUT2D eigenvalue weighted by molar-refractivity contribution is 6.02. The number of aliphatic carboxylic acids is 1. The maximum absolute atomic E-state index is 14.3. The van der Waals surface area contributed by atoms with E-state index in [1.807, 2.05) is 42.5 Å². The highest BCUT2D eigenvalue weighted by Gasteiger charge is 2.61. The monoisotopic (exact) mass is 662 g/mol. The number of carboxylic acids is 1. The van der Waals surface area contributed by atoms with E-state index in [0.717, 1.165) is 81.9 Å². The molecule has 1 aromatic rings. The van der Waals surface area contributed by atoms with E-state index >= 15 is 0 Å². The normalized spacial score (nSPS) is 31.4. The summed E-state index contributed by atoms with van der Waals surface area (Å²) in [7, 11) is 0. The number of carbonyl (C=O) groups excluding carboxylic acids is 3. The van der Waals surface area contributed by atoms with E-state index in [0.29, 0.717) is 19.3 Å². The summed E-state index contributed by atoms with van der Waals surface area (Å²) in [5, 5.41) is 20.5. The molecule has 5 aliphatic rings. The Kier molecular flexibility index (Phi) is 11.0. The van der Waals surface area contributed by atoms with Crippen LogP contribution in [0.4, 0.5) is 4.79 Å². The molecule has 2 heterocycles. The Bertz CT molecular complexity index is 1370. The van der Waals surface area contributed by atoms with Crippen LogP contribution >= 0.6 is 0 Å². The molecule has 48 heavy (non-hydrogen) atoms. The Labute approximate surface area is 282 Å². The van der Waals surface area contributed by atoms with Crippen molar-refractivity contribution < 1.29 is 33.9 Å². The van der Waals surface area contributed by atoms with Crippen molar-refractivity contribution >= 4 is 29.6 Å². The van der Waals surface area contributed by atoms with Gasteiger partial charge in [0.1, 0.15) is 29.8 Å². The van der Waals surface area contributed by atoms with Crippen LogP contribution < -0.4 is 10.6 Å². The van der Waals surface area contributed by atoms with Crippen molar-refractivity contribution in [1.82, 2.24) is 15.5 Å². The highest BCUT2D eigenvalue weighted by atomic mass is 16.6. The zero-order valence-electron chi connectivity index (χ0n) is 27.8. The fourth-order valence-corrected chi connectivity index (χ4v) is 7.95. The molecule has 0 spiro atoms. The molecule has 0 radical (unpaired) electrons. The number of ether oxygens (including phenoxy) is 1. The number of alkyl carbamates (subject to hydrolysis) is 1. The summed E-state index contributed by atoms with van der Waals surface area (Å²) >= 11 is 0. The first-order valence-corrected chi connectivity index (χ1v) is 18.1. The van der Waals surface area contributed by atoms with E-state index in [9.17, 15) is 24.3 Å². The van der Waals surface area contributed by atoms with Crippen LogP contribution in [0.5, 0.6) is 0 Å². The Hall–Kier alpha value is -3.89. The molecule has 1 saturated heterocycles. The van der Waals surface area contributed by atoms with Gasteiger partial charge in [-0.2, -0.15) is 0 Å². The summed E-state index contributed by atoms with van der Waals surface area (Å²) in [4.78, 5) is 61.3. The van der Waals surface area contributed by atoms with Gasteiger partial charge in [0, 0.05) is 18.3 Å². The number of carbonyl (C=O) groups is 4. The van der Waals surface area contributed by atoms with Gasteiger partial charge in [0.25, 0.3) is 0 Å². The zero-order valence-corrected chi connectivity index (χ0v) is 27.8. The molecule has 1 unspecified atom stereocenters. The first-order chi connectivity index (χ1) is 23.3. The van der Waals surface area contributed by atoms with Gasteiger partial charge in [-0.25, -0.2) is 9.59 Å². The lowest BCUT2D eigenvalue weighted by molar-refractivity contribution is -0.145. The van der Waals surface area contributed by atoms with Crippen LogP contribution in [-0.2, 0) is 24.0 Å². The zero-order chi connectivity index (χ0) is 33.5. The molecule has 6 rings (SSSR count). The van der Waals surface area contributed by atoms with E-state index < -0.39 is 47.6 Å². The number of nitrogens with zero attached hydrogens (tertiary/aromatic N) is 2. The van der Waals surface area contributed by atoms with E-state index in [2.05, 4.69) is 10.6 Å². The minimum atomic E-state index is -1.40. The van der Waals surface area contributed by atoms with Gasteiger partial charge in [0.2, 0.25) is 11.8 Å². The quantitative estimate of drug-likeness (QED) is 0.199. The molecule has 260 valence electrons. The van der Waals surface area contributed by atoms with Crippen molar-refractivity contribution in [3.8, 4) is 0 Å². The molecule has 5 atom stereocenters. The Morgan fingerprint density at radius 3 is 2.38 bits per heavy atom. The average molecular weight is 663 g/mol. The third-order valence-electron chi connectivity index (χ3n) is 10.9. The van der Waals surface area contributed by atoms with E-state index in [1.54, 1.807) is 0 Å². The third kappa shape index (κ3) is 8.04. The SMILES string of the molecule is O=C(N[C@H]1CCCCC/C=C\[C@@H]2CC2(C(=O)O)NC(=O)[C@@H]2C[C@@H](O/N=C(/c3ccccc3)C3CCCCC3)CN2C1=O)OC1CCCC1. The summed E-state index contributed by atoms with van der Waals surface area (Å²) in [6.45, 7) is 0.0897. The summed E-state index contributed by atoms with van der Waals surface area (Å²) in [5.41, 5.74) is 0.471. The third-order valence-corrected chi connectivity index (χ3v) is 10.9. The molecule has 1 aromatic carbocycles. The number of oxime groups is 1. The number of fused-ring (bicyclic) bond motifs is 2. The number of carboxylic acid groups (broad SMARTS) is 1. The second-order valence-corrected chi connectivity index (χ2v) is 14.3. The van der Waals surface area contributed by atoms with Gasteiger partial charge in [-0.05, 0) is 69.8 Å². The van der Waals surface area contributed by atoms with Crippen molar-refractivity contribution in [2.24, 2.45) is 17.0 Å². The number of hydrogen-bond donors (Lipinski definition) is 3. The second-order valence-electron chi connectivity index (χ2n) is 14.3. The van der Waals surface area contributed by atoms with Crippen molar-refractivity contribution in [3.63, 3.8) is 0 Å². The van der Waals surface area contributed by atoms with Crippen LogP contribution in [0.3, 0.4) is 0 Å². The minimum Gasteiger partial charge on any atom is -0.479 e. The van der Waals surface area contributed by atoms with Crippen LogP contribution in [0.25, 0.3) is 0 Å². The van der Waals surface area contributed by atoms with Gasteiger partial charge >= 0.3 is 12.1 Å². The number of amides is 3. The van der Waals surface area contributed by atoms with Crippen molar-refractivity contribution in [1.29, 1.82) is 0 Å². The molecule has 3 saturated carbocycles. The number of allylic oxidation sites excluding steroid dienone is 1. The fraction of sp³-hybridized carbons (Fsp3) is 0.649. The fourth-order valence-electron chi connectivity index (χ4n) is 7.95. The molecular formula is C37H50N4O7. The van der Waals surface area contributed by atoms with Gasteiger partial charge in [-0.1, -0.05) is 79.7 Å². The topological polar surface area (TPSA) is 147 Å². The van der Waals surface area contributed by atoms with E-state index in [-0.39, 0.29) is 30.9 Å². The van der Waals surface area contributed by atoms with Crippen LogP contribution in [0.2, 0.25) is 0 Å². The molecule has 11 nitrogen and oxygen atoms in total. The lowest BCUT2D eigenvalue weighted by Crippen LogP contribution is -2.56. The highest BCUT2D eigenvalue weighted by Crippen LogP contribution is 2.45. The maximum Gasteiger partial charge on any atom is 0.408 e. The van der Waals surface area contributed by atoms with Crippen molar-refractivity contribution in [2.75, 3.05) is 6.54 Å². The standard InChI is InChI=1S/C37H50N4O7/c42-33-31-22-29(48-40-32(25-14-6-4-7-15-25)26-16-8-5-9-17-26)24-41(31)34(43)30(38-36(46)47-28-19-12-13-20-28)21-11-3-1-2-10-18-27-23-37(27,39-33)35(44)45/h4,6-7,10,14-15,18,26-31H,1-3,5,8-9,11-13,16-17,19-24H2,(H,38,46)(H,39,42)(H,44,45)/b18-10-,40-32-/t27-,29-,30+,31+,37?/m1/s1. The first kappa shape index (κ1) is 34.0. The minimum absolute atomic E-state index is 0.0897. The molecule has 3 N–H and O–H groups in total. The average Bonchev–Trinajstić information content (AvgIpc) is 3.37. The molecule has 0 aromatic heterocycles. The van der Waals surface area contributed by atoms with Gasteiger partial charge in [0.05, 0.1) is 12.3 Å². The predicted octanol–water partition coefficient (Wildman–Crippen LogP) is 5.47. The molecule has 11 heteroatoms. The van der Waals surface area contributed by atoms with Crippen molar-refractivity contribution in [3.05, 3.63) is 48.0 Å². The molecule has 3 amide bonds. The summed E-state index contributed by atoms with van der Waals surface area (Å²) in [6, 6.07) is 8.11. The second kappa shape index (κ2) is 15.6. The predicted molar refractivity (Wildman–Crippen MR) is 179 cm³/mol. The molecule has 3 aliphatic carbocycles. The summed E-state index contributed by atoms with van der Waals surface area (Å²) in [5.74, 6) is -2.07. The number of hydrogen-bond acceptors (Lipinski definition) is 7. The maximum atomic E-state index is 14.3. The van der Waals surface area contributed by atoms with Gasteiger partial charge in [-0.15, -0.1) is 0 Å². The lowest BCUT2D eigenvalue weighted by Gasteiger charge is -2.29. The molecule has 4 fully saturated rings. The largest absolute Gasteiger partial charge is 0.479 e.